The molecule has 1 amide bonds. The maximum atomic E-state index is 12.1. The van der Waals surface area contributed by atoms with Crippen LogP contribution in [0.4, 0.5) is 5.69 Å². The lowest BCUT2D eigenvalue weighted by molar-refractivity contribution is -0.117. The van der Waals surface area contributed by atoms with Gasteiger partial charge in [-0.2, -0.15) is 5.10 Å². The molecule has 6 heteroatoms. The van der Waals surface area contributed by atoms with Gasteiger partial charge in [0.25, 0.3) is 0 Å². The van der Waals surface area contributed by atoms with Crippen LogP contribution in [0.3, 0.4) is 0 Å². The summed E-state index contributed by atoms with van der Waals surface area (Å²) in [5, 5.41) is 7.20. The van der Waals surface area contributed by atoms with E-state index >= 15 is 0 Å². The van der Waals surface area contributed by atoms with Gasteiger partial charge >= 0.3 is 0 Å². The molecule has 0 aliphatic heterocycles. The highest BCUT2D eigenvalue weighted by atomic mass is 16.5. The number of carbonyl (C=O) groups excluding carboxylic acids is 1. The Balaban J connectivity index is 1.85. The maximum Gasteiger partial charge on any atom is 0.238 e. The normalized spacial score (nSPS) is 10.8. The predicted molar refractivity (Wildman–Crippen MR) is 90.5 cm³/mol. The minimum atomic E-state index is -0.0433. The van der Waals surface area contributed by atoms with Crippen LogP contribution in [0.2, 0.25) is 0 Å². The van der Waals surface area contributed by atoms with Gasteiger partial charge in [-0.15, -0.1) is 0 Å². The van der Waals surface area contributed by atoms with Crippen molar-refractivity contribution >= 4 is 11.6 Å². The first-order valence-electron chi connectivity index (χ1n) is 7.68. The minimum Gasteiger partial charge on any atom is -0.494 e. The van der Waals surface area contributed by atoms with Gasteiger partial charge in [-0.25, -0.2) is 0 Å². The highest BCUT2D eigenvalue weighted by molar-refractivity contribution is 5.92. The Morgan fingerprint density at radius 2 is 2.04 bits per heavy atom. The molecule has 1 heterocycles. The lowest BCUT2D eigenvalue weighted by atomic mass is 10.2. The van der Waals surface area contributed by atoms with Crippen LogP contribution < -0.4 is 10.1 Å². The van der Waals surface area contributed by atoms with Crippen molar-refractivity contribution in [3.63, 3.8) is 0 Å². The Labute approximate surface area is 137 Å². The van der Waals surface area contributed by atoms with Gasteiger partial charge in [0, 0.05) is 31.0 Å². The largest absolute Gasteiger partial charge is 0.494 e. The standard InChI is InChI=1S/C17H24N4O2/c1-5-23-16-8-6-15(7-9-16)18-17(22)12-20(3)10-14-11-21(4)19-13(14)2/h6-9,11H,5,10,12H2,1-4H3,(H,18,22). The first-order chi connectivity index (χ1) is 11.0. The van der Waals surface area contributed by atoms with Crippen LogP contribution in [-0.4, -0.2) is 40.8 Å². The number of ether oxygens (including phenoxy) is 1. The molecule has 124 valence electrons. The highest BCUT2D eigenvalue weighted by Gasteiger charge is 2.10. The predicted octanol–water partition coefficient (Wildman–Crippen LogP) is 2.20. The molecule has 2 aromatic rings. The quantitative estimate of drug-likeness (QED) is 0.851. The number of amides is 1. The van der Waals surface area contributed by atoms with Crippen LogP contribution in [-0.2, 0) is 18.4 Å². The van der Waals surface area contributed by atoms with Crippen molar-refractivity contribution in [1.82, 2.24) is 14.7 Å². The molecule has 0 aliphatic rings. The van der Waals surface area contributed by atoms with E-state index in [-0.39, 0.29) is 5.91 Å². The summed E-state index contributed by atoms with van der Waals surface area (Å²) in [5.74, 6) is 0.757. The summed E-state index contributed by atoms with van der Waals surface area (Å²) in [7, 11) is 3.82. The third kappa shape index (κ3) is 5.10. The maximum absolute atomic E-state index is 12.1. The van der Waals surface area contributed by atoms with Crippen molar-refractivity contribution < 1.29 is 9.53 Å². The van der Waals surface area contributed by atoms with E-state index in [0.717, 1.165) is 22.7 Å². The number of aryl methyl sites for hydroxylation is 2. The molecule has 0 atom stereocenters. The zero-order valence-electron chi connectivity index (χ0n) is 14.2. The van der Waals surface area contributed by atoms with Gasteiger partial charge in [0.15, 0.2) is 0 Å². The van der Waals surface area contributed by atoms with Crippen LogP contribution >= 0.6 is 0 Å². The van der Waals surface area contributed by atoms with Crippen LogP contribution in [0.25, 0.3) is 0 Å². The lowest BCUT2D eigenvalue weighted by Crippen LogP contribution is -2.29. The minimum absolute atomic E-state index is 0.0433. The first kappa shape index (κ1) is 17.0. The van der Waals surface area contributed by atoms with Crippen LogP contribution in [0, 0.1) is 6.92 Å². The van der Waals surface area contributed by atoms with Gasteiger partial charge in [-0.1, -0.05) is 0 Å². The first-order valence-corrected chi connectivity index (χ1v) is 7.68. The second-order valence-corrected chi connectivity index (χ2v) is 5.59. The van der Waals surface area contributed by atoms with Gasteiger partial charge in [0.2, 0.25) is 5.91 Å². The fourth-order valence-electron chi connectivity index (χ4n) is 2.40. The smallest absolute Gasteiger partial charge is 0.238 e. The van der Waals surface area contributed by atoms with Gasteiger partial charge in [0.05, 0.1) is 18.8 Å². The van der Waals surface area contributed by atoms with E-state index in [9.17, 15) is 4.79 Å². The van der Waals surface area contributed by atoms with Gasteiger partial charge < -0.3 is 10.1 Å². The number of carbonyl (C=O) groups is 1. The van der Waals surface area contributed by atoms with Crippen molar-refractivity contribution in [2.45, 2.75) is 20.4 Å². The van der Waals surface area contributed by atoms with Gasteiger partial charge in [-0.05, 0) is 45.2 Å². The zero-order chi connectivity index (χ0) is 16.8. The topological polar surface area (TPSA) is 59.4 Å². The van der Waals surface area contributed by atoms with Gasteiger partial charge in [-0.3, -0.25) is 14.4 Å². The number of rotatable bonds is 7. The van der Waals surface area contributed by atoms with Crippen molar-refractivity contribution in [3.8, 4) is 5.75 Å². The molecule has 0 aliphatic carbocycles. The summed E-state index contributed by atoms with van der Waals surface area (Å²) in [5.41, 5.74) is 2.89. The van der Waals surface area contributed by atoms with Crippen molar-refractivity contribution in [2.24, 2.45) is 7.05 Å². The number of anilines is 1. The molecule has 0 saturated heterocycles. The molecule has 6 nitrogen and oxygen atoms in total. The van der Waals surface area contributed by atoms with Crippen molar-refractivity contribution in [3.05, 3.63) is 41.7 Å². The molecule has 0 saturated carbocycles. The molecule has 0 spiro atoms. The molecular weight excluding hydrogens is 292 g/mol. The second-order valence-electron chi connectivity index (χ2n) is 5.59. The van der Waals surface area contributed by atoms with E-state index < -0.39 is 0 Å². The Kier molecular flexibility index (Phi) is 5.76. The number of hydrogen-bond acceptors (Lipinski definition) is 4. The van der Waals surface area contributed by atoms with Crippen molar-refractivity contribution in [2.75, 3.05) is 25.5 Å². The van der Waals surface area contributed by atoms with Crippen LogP contribution in [0.15, 0.2) is 30.5 Å². The van der Waals surface area contributed by atoms with E-state index in [1.54, 1.807) is 4.68 Å². The van der Waals surface area contributed by atoms with E-state index in [1.165, 1.54) is 0 Å². The zero-order valence-corrected chi connectivity index (χ0v) is 14.2. The SMILES string of the molecule is CCOc1ccc(NC(=O)CN(C)Cc2cn(C)nc2C)cc1. The average molecular weight is 316 g/mol. The highest BCUT2D eigenvalue weighted by Crippen LogP contribution is 2.15. The fourth-order valence-corrected chi connectivity index (χ4v) is 2.40. The molecule has 0 unspecified atom stereocenters. The van der Waals surface area contributed by atoms with E-state index in [4.69, 9.17) is 4.74 Å². The molecule has 2 rings (SSSR count). The number of nitrogens with one attached hydrogen (secondary N) is 1. The molecule has 23 heavy (non-hydrogen) atoms. The second kappa shape index (κ2) is 7.78. The summed E-state index contributed by atoms with van der Waals surface area (Å²) < 4.78 is 7.17. The van der Waals surface area contributed by atoms with Crippen LogP contribution in [0.5, 0.6) is 5.75 Å². The lowest BCUT2D eigenvalue weighted by Gasteiger charge is -2.16. The summed E-state index contributed by atoms with van der Waals surface area (Å²) in [6.45, 7) is 5.56. The number of hydrogen-bond donors (Lipinski definition) is 1. The van der Waals surface area contributed by atoms with E-state index in [0.29, 0.717) is 19.7 Å². The Morgan fingerprint density at radius 3 is 2.61 bits per heavy atom. The number of benzene rings is 1. The third-order valence-corrected chi connectivity index (χ3v) is 3.42. The van der Waals surface area contributed by atoms with Gasteiger partial charge in [0.1, 0.15) is 5.75 Å². The molecule has 1 N–H and O–H groups in total. The molecule has 0 radical (unpaired) electrons. The monoisotopic (exact) mass is 316 g/mol. The molecule has 0 fully saturated rings. The molecule has 0 bridgehead atoms. The van der Waals surface area contributed by atoms with E-state index in [1.807, 2.05) is 63.3 Å². The van der Waals surface area contributed by atoms with Crippen molar-refractivity contribution in [1.29, 1.82) is 0 Å². The number of nitrogens with zero attached hydrogens (tertiary/aromatic N) is 3. The fraction of sp³-hybridized carbons (Fsp3) is 0.412. The molecular formula is C17H24N4O2. The summed E-state index contributed by atoms with van der Waals surface area (Å²) in [6.07, 6.45) is 1.98. The van der Waals surface area contributed by atoms with Crippen LogP contribution in [0.1, 0.15) is 18.2 Å². The van der Waals surface area contributed by atoms with E-state index in [2.05, 4.69) is 10.4 Å². The molecule has 1 aromatic carbocycles. The Morgan fingerprint density at radius 1 is 1.35 bits per heavy atom. The Hall–Kier alpha value is -2.34. The Bertz CT molecular complexity index is 649. The molecule has 1 aromatic heterocycles. The summed E-state index contributed by atoms with van der Waals surface area (Å²) >= 11 is 0. The average Bonchev–Trinajstić information content (AvgIpc) is 2.79. The summed E-state index contributed by atoms with van der Waals surface area (Å²) in [4.78, 5) is 14.1. The third-order valence-electron chi connectivity index (χ3n) is 3.42. The number of likely N-dealkylation sites (N-methyl/N-ethyl adjacent to an activating group) is 1. The number of aromatic nitrogens is 2. The summed E-state index contributed by atoms with van der Waals surface area (Å²) in [6, 6.07) is 7.38.